The SMILES string of the molecule is CN(C(=O)c1ccccc1)c1c2ccccc2nc2ccccc12. The second kappa shape index (κ2) is 5.78. The second-order valence-corrected chi connectivity index (χ2v) is 5.72. The normalized spacial score (nSPS) is 10.9. The molecule has 0 N–H and O–H groups in total. The highest BCUT2D eigenvalue weighted by molar-refractivity contribution is 6.17. The van der Waals surface area contributed by atoms with Crippen LogP contribution in [-0.4, -0.2) is 17.9 Å². The third kappa shape index (κ3) is 2.31. The van der Waals surface area contributed by atoms with Gasteiger partial charge in [-0.2, -0.15) is 0 Å². The van der Waals surface area contributed by atoms with Crippen LogP contribution in [0, 0.1) is 0 Å². The fourth-order valence-electron chi connectivity index (χ4n) is 3.05. The first-order valence-electron chi connectivity index (χ1n) is 7.86. The highest BCUT2D eigenvalue weighted by Crippen LogP contribution is 2.33. The third-order valence-corrected chi connectivity index (χ3v) is 4.22. The van der Waals surface area contributed by atoms with Gasteiger partial charge in [-0.15, -0.1) is 0 Å². The van der Waals surface area contributed by atoms with Gasteiger partial charge in [-0.05, 0) is 24.3 Å². The molecule has 3 heteroatoms. The van der Waals surface area contributed by atoms with E-state index in [0.717, 1.165) is 27.5 Å². The number of pyridine rings is 1. The molecule has 0 spiro atoms. The van der Waals surface area contributed by atoms with E-state index in [1.54, 1.807) is 4.90 Å². The molecule has 0 bridgehead atoms. The van der Waals surface area contributed by atoms with E-state index in [2.05, 4.69) is 0 Å². The first-order chi connectivity index (χ1) is 11.8. The van der Waals surface area contributed by atoms with Crippen molar-refractivity contribution >= 4 is 33.4 Å². The molecular formula is C21H16N2O. The summed E-state index contributed by atoms with van der Waals surface area (Å²) >= 11 is 0. The van der Waals surface area contributed by atoms with E-state index in [0.29, 0.717) is 5.56 Å². The first kappa shape index (κ1) is 14.4. The van der Waals surface area contributed by atoms with Crippen LogP contribution in [0.25, 0.3) is 21.8 Å². The van der Waals surface area contributed by atoms with Gasteiger partial charge in [-0.25, -0.2) is 4.98 Å². The lowest BCUT2D eigenvalue weighted by Gasteiger charge is -2.21. The summed E-state index contributed by atoms with van der Waals surface area (Å²) in [6, 6.07) is 25.2. The second-order valence-electron chi connectivity index (χ2n) is 5.72. The summed E-state index contributed by atoms with van der Waals surface area (Å²) in [5.74, 6) is -0.0305. The Bertz CT molecular complexity index is 987. The lowest BCUT2D eigenvalue weighted by atomic mass is 10.1. The van der Waals surface area contributed by atoms with Crippen LogP contribution in [0.2, 0.25) is 0 Å². The molecule has 0 aliphatic rings. The maximum absolute atomic E-state index is 12.9. The van der Waals surface area contributed by atoms with Gasteiger partial charge < -0.3 is 4.90 Å². The molecule has 0 unspecified atom stereocenters. The molecule has 1 aromatic heterocycles. The van der Waals surface area contributed by atoms with Crippen molar-refractivity contribution < 1.29 is 4.79 Å². The third-order valence-electron chi connectivity index (χ3n) is 4.22. The Morgan fingerprint density at radius 3 is 1.83 bits per heavy atom. The van der Waals surface area contributed by atoms with Gasteiger partial charge in [0.1, 0.15) is 0 Å². The standard InChI is InChI=1S/C21H16N2O/c1-23(21(24)15-9-3-2-4-10-15)20-16-11-5-7-13-18(16)22-19-14-8-6-12-17(19)20/h2-14H,1H3. The minimum atomic E-state index is -0.0305. The Kier molecular flexibility index (Phi) is 3.47. The number of benzene rings is 3. The molecule has 24 heavy (non-hydrogen) atoms. The van der Waals surface area contributed by atoms with Gasteiger partial charge in [0.05, 0.1) is 16.7 Å². The van der Waals surface area contributed by atoms with Crippen LogP contribution < -0.4 is 4.90 Å². The fraction of sp³-hybridized carbons (Fsp3) is 0.0476. The zero-order valence-corrected chi connectivity index (χ0v) is 13.3. The Labute approximate surface area is 140 Å². The number of amides is 1. The smallest absolute Gasteiger partial charge is 0.258 e. The van der Waals surface area contributed by atoms with E-state index in [9.17, 15) is 4.79 Å². The largest absolute Gasteiger partial charge is 0.310 e. The van der Waals surface area contributed by atoms with Gasteiger partial charge in [-0.1, -0.05) is 54.6 Å². The molecule has 4 rings (SSSR count). The number of rotatable bonds is 2. The van der Waals surface area contributed by atoms with E-state index >= 15 is 0 Å². The molecule has 0 aliphatic heterocycles. The maximum Gasteiger partial charge on any atom is 0.258 e. The van der Waals surface area contributed by atoms with Crippen LogP contribution in [0.1, 0.15) is 10.4 Å². The number of hydrogen-bond donors (Lipinski definition) is 0. The van der Waals surface area contributed by atoms with Gasteiger partial charge in [0, 0.05) is 23.4 Å². The fourth-order valence-corrected chi connectivity index (χ4v) is 3.05. The Balaban J connectivity index is 1.98. The van der Waals surface area contributed by atoms with Crippen LogP contribution in [0.4, 0.5) is 5.69 Å². The number of para-hydroxylation sites is 2. The lowest BCUT2D eigenvalue weighted by molar-refractivity contribution is 0.0993. The molecule has 0 saturated carbocycles. The van der Waals surface area contributed by atoms with Crippen LogP contribution >= 0.6 is 0 Å². The van der Waals surface area contributed by atoms with Crippen LogP contribution in [0.3, 0.4) is 0 Å². The van der Waals surface area contributed by atoms with Crippen molar-refractivity contribution in [2.75, 3.05) is 11.9 Å². The molecule has 0 atom stereocenters. The summed E-state index contributed by atoms with van der Waals surface area (Å²) in [4.78, 5) is 19.4. The van der Waals surface area contributed by atoms with Gasteiger partial charge in [0.25, 0.3) is 5.91 Å². The van der Waals surface area contributed by atoms with Crippen LogP contribution in [0.5, 0.6) is 0 Å². The Morgan fingerprint density at radius 1 is 0.750 bits per heavy atom. The predicted molar refractivity (Wildman–Crippen MR) is 98.4 cm³/mol. The Morgan fingerprint density at radius 2 is 1.25 bits per heavy atom. The molecule has 3 aromatic carbocycles. The maximum atomic E-state index is 12.9. The number of carbonyl (C=O) groups is 1. The summed E-state index contributed by atoms with van der Waals surface area (Å²) in [5.41, 5.74) is 3.34. The molecule has 0 saturated heterocycles. The van der Waals surface area contributed by atoms with E-state index in [-0.39, 0.29) is 5.91 Å². The average molecular weight is 312 g/mol. The van der Waals surface area contributed by atoms with Crippen LogP contribution in [0.15, 0.2) is 78.9 Å². The highest BCUT2D eigenvalue weighted by atomic mass is 16.2. The zero-order chi connectivity index (χ0) is 16.5. The summed E-state index contributed by atoms with van der Waals surface area (Å²) in [5, 5.41) is 1.95. The van der Waals surface area contributed by atoms with E-state index in [1.807, 2.05) is 85.9 Å². The zero-order valence-electron chi connectivity index (χ0n) is 13.3. The van der Waals surface area contributed by atoms with Crippen molar-refractivity contribution in [3.8, 4) is 0 Å². The number of aromatic nitrogens is 1. The van der Waals surface area contributed by atoms with E-state index in [1.165, 1.54) is 0 Å². The molecule has 3 nitrogen and oxygen atoms in total. The molecule has 0 fully saturated rings. The van der Waals surface area contributed by atoms with Gasteiger partial charge >= 0.3 is 0 Å². The molecule has 116 valence electrons. The van der Waals surface area contributed by atoms with Crippen molar-refractivity contribution in [1.29, 1.82) is 0 Å². The molecular weight excluding hydrogens is 296 g/mol. The van der Waals surface area contributed by atoms with E-state index in [4.69, 9.17) is 4.98 Å². The van der Waals surface area contributed by atoms with E-state index < -0.39 is 0 Å². The monoisotopic (exact) mass is 312 g/mol. The van der Waals surface area contributed by atoms with Gasteiger partial charge in [0.2, 0.25) is 0 Å². The molecule has 0 radical (unpaired) electrons. The first-order valence-corrected chi connectivity index (χ1v) is 7.86. The molecule has 1 amide bonds. The quantitative estimate of drug-likeness (QED) is 0.504. The number of anilines is 1. The number of nitrogens with zero attached hydrogens (tertiary/aromatic N) is 2. The molecule has 4 aromatic rings. The summed E-state index contributed by atoms with van der Waals surface area (Å²) in [7, 11) is 1.82. The van der Waals surface area contributed by atoms with Crippen molar-refractivity contribution in [1.82, 2.24) is 4.98 Å². The van der Waals surface area contributed by atoms with Gasteiger partial charge in [0.15, 0.2) is 0 Å². The highest BCUT2D eigenvalue weighted by Gasteiger charge is 2.18. The number of fused-ring (bicyclic) bond motifs is 2. The average Bonchev–Trinajstić information content (AvgIpc) is 2.65. The summed E-state index contributed by atoms with van der Waals surface area (Å²) < 4.78 is 0. The van der Waals surface area contributed by atoms with Crippen molar-refractivity contribution in [2.45, 2.75) is 0 Å². The number of hydrogen-bond acceptors (Lipinski definition) is 2. The minimum absolute atomic E-state index is 0.0305. The topological polar surface area (TPSA) is 33.2 Å². The minimum Gasteiger partial charge on any atom is -0.310 e. The predicted octanol–water partition coefficient (Wildman–Crippen LogP) is 4.66. The molecule has 0 aliphatic carbocycles. The number of carbonyl (C=O) groups excluding carboxylic acids is 1. The van der Waals surface area contributed by atoms with Gasteiger partial charge in [-0.3, -0.25) is 4.79 Å². The lowest BCUT2D eigenvalue weighted by Crippen LogP contribution is -2.26. The van der Waals surface area contributed by atoms with Crippen molar-refractivity contribution in [2.24, 2.45) is 0 Å². The van der Waals surface area contributed by atoms with Crippen LogP contribution in [-0.2, 0) is 0 Å². The molecule has 1 heterocycles. The summed E-state index contributed by atoms with van der Waals surface area (Å²) in [6.07, 6.45) is 0. The van der Waals surface area contributed by atoms with Crippen molar-refractivity contribution in [3.05, 3.63) is 84.4 Å². The Hall–Kier alpha value is -3.20. The van der Waals surface area contributed by atoms with Crippen molar-refractivity contribution in [3.63, 3.8) is 0 Å². The summed E-state index contributed by atoms with van der Waals surface area (Å²) in [6.45, 7) is 0.